The van der Waals surface area contributed by atoms with E-state index in [4.69, 9.17) is 4.42 Å². The largest absolute Gasteiger partial charge is 0.453 e. The first kappa shape index (κ1) is 8.74. The fourth-order valence-corrected chi connectivity index (χ4v) is 1.40. The van der Waals surface area contributed by atoms with Crippen molar-refractivity contribution in [1.29, 1.82) is 0 Å². The molecule has 72 valence electrons. The Morgan fingerprint density at radius 2 is 2.29 bits per heavy atom. The van der Waals surface area contributed by atoms with Crippen LogP contribution in [0.1, 0.15) is 16.2 Å². The maximum Gasteiger partial charge on any atom is 0.185 e. The van der Waals surface area contributed by atoms with E-state index in [1.807, 2.05) is 20.2 Å². The van der Waals surface area contributed by atoms with Crippen LogP contribution >= 0.6 is 0 Å². The van der Waals surface area contributed by atoms with Crippen molar-refractivity contribution in [3.8, 4) is 11.3 Å². The number of rotatable bonds is 2. The van der Waals surface area contributed by atoms with Gasteiger partial charge < -0.3 is 4.42 Å². The van der Waals surface area contributed by atoms with E-state index >= 15 is 0 Å². The highest BCUT2D eigenvalue weighted by Gasteiger charge is 2.09. The van der Waals surface area contributed by atoms with Crippen LogP contribution in [0, 0.1) is 6.92 Å². The van der Waals surface area contributed by atoms with E-state index in [-0.39, 0.29) is 0 Å². The van der Waals surface area contributed by atoms with E-state index in [0.717, 1.165) is 11.3 Å². The molecule has 0 atom stereocenters. The minimum absolute atomic E-state index is 0.336. The lowest BCUT2D eigenvalue weighted by atomic mass is 10.2. The second-order valence-electron chi connectivity index (χ2n) is 3.12. The van der Waals surface area contributed by atoms with Crippen molar-refractivity contribution in [2.24, 2.45) is 7.05 Å². The van der Waals surface area contributed by atoms with Crippen LogP contribution in [0.4, 0.5) is 0 Å². The Morgan fingerprint density at radius 3 is 2.79 bits per heavy atom. The Hall–Kier alpha value is -1.84. The SMILES string of the molecule is Cc1nn(C)cc1-c1ccc(C=O)o1. The van der Waals surface area contributed by atoms with E-state index in [1.54, 1.807) is 16.8 Å². The molecule has 0 unspecified atom stereocenters. The average molecular weight is 190 g/mol. The molecule has 2 aromatic heterocycles. The van der Waals surface area contributed by atoms with E-state index in [0.29, 0.717) is 17.8 Å². The van der Waals surface area contributed by atoms with Crippen LogP contribution in [0.15, 0.2) is 22.7 Å². The molecule has 0 N–H and O–H groups in total. The number of hydrogen-bond donors (Lipinski definition) is 0. The molecule has 0 bridgehead atoms. The molecular weight excluding hydrogens is 180 g/mol. The van der Waals surface area contributed by atoms with Gasteiger partial charge in [0.25, 0.3) is 0 Å². The summed E-state index contributed by atoms with van der Waals surface area (Å²) >= 11 is 0. The van der Waals surface area contributed by atoms with Crippen molar-refractivity contribution in [2.45, 2.75) is 6.92 Å². The molecule has 0 spiro atoms. The third-order valence-electron chi connectivity index (χ3n) is 2.02. The summed E-state index contributed by atoms with van der Waals surface area (Å²) in [6.07, 6.45) is 2.55. The van der Waals surface area contributed by atoms with Gasteiger partial charge in [-0.3, -0.25) is 9.48 Å². The molecular formula is C10H10N2O2. The second kappa shape index (κ2) is 3.14. The predicted molar refractivity (Wildman–Crippen MR) is 51.0 cm³/mol. The zero-order chi connectivity index (χ0) is 10.1. The second-order valence-corrected chi connectivity index (χ2v) is 3.12. The standard InChI is InChI=1S/C10H10N2O2/c1-7-9(5-12(2)11-7)10-4-3-8(6-13)14-10/h3-6H,1-2H3. The van der Waals surface area contributed by atoms with E-state index < -0.39 is 0 Å². The molecule has 0 aliphatic carbocycles. The Balaban J connectivity index is 2.48. The number of carbonyl (C=O) groups excluding carboxylic acids is 1. The molecule has 0 aliphatic heterocycles. The van der Waals surface area contributed by atoms with Gasteiger partial charge in [0.2, 0.25) is 0 Å². The number of carbonyl (C=O) groups is 1. The highest BCUT2D eigenvalue weighted by molar-refractivity contribution is 5.73. The Morgan fingerprint density at radius 1 is 1.50 bits per heavy atom. The number of aldehydes is 1. The van der Waals surface area contributed by atoms with Gasteiger partial charge in [-0.1, -0.05) is 0 Å². The predicted octanol–water partition coefficient (Wildman–Crippen LogP) is 1.80. The molecule has 0 aliphatic rings. The van der Waals surface area contributed by atoms with Crippen molar-refractivity contribution in [3.05, 3.63) is 29.8 Å². The van der Waals surface area contributed by atoms with Crippen LogP contribution in [-0.4, -0.2) is 16.1 Å². The summed E-state index contributed by atoms with van der Waals surface area (Å²) in [5.41, 5.74) is 1.81. The first-order valence-corrected chi connectivity index (χ1v) is 4.26. The zero-order valence-electron chi connectivity index (χ0n) is 8.02. The van der Waals surface area contributed by atoms with E-state index in [2.05, 4.69) is 5.10 Å². The molecule has 14 heavy (non-hydrogen) atoms. The lowest BCUT2D eigenvalue weighted by Gasteiger charge is -1.90. The lowest BCUT2D eigenvalue weighted by molar-refractivity contribution is 0.110. The number of aryl methyl sites for hydroxylation is 2. The molecule has 0 amide bonds. The van der Waals surface area contributed by atoms with Crippen molar-refractivity contribution in [3.63, 3.8) is 0 Å². The third-order valence-corrected chi connectivity index (χ3v) is 2.02. The van der Waals surface area contributed by atoms with Gasteiger partial charge in [-0.25, -0.2) is 0 Å². The maximum absolute atomic E-state index is 10.4. The summed E-state index contributed by atoms with van der Waals surface area (Å²) in [5.74, 6) is 1.01. The Labute approximate surface area is 81.1 Å². The first-order chi connectivity index (χ1) is 6.70. The molecule has 0 saturated heterocycles. The van der Waals surface area contributed by atoms with Gasteiger partial charge in [0.05, 0.1) is 11.3 Å². The summed E-state index contributed by atoms with van der Waals surface area (Å²) in [5, 5.41) is 4.19. The first-order valence-electron chi connectivity index (χ1n) is 4.26. The van der Waals surface area contributed by atoms with Crippen molar-refractivity contribution >= 4 is 6.29 Å². The summed E-state index contributed by atoms with van der Waals surface area (Å²) in [6, 6.07) is 3.42. The highest BCUT2D eigenvalue weighted by atomic mass is 16.3. The quantitative estimate of drug-likeness (QED) is 0.678. The molecule has 0 saturated carbocycles. The normalized spacial score (nSPS) is 10.4. The van der Waals surface area contributed by atoms with Crippen LogP contribution in [-0.2, 0) is 7.05 Å². The van der Waals surface area contributed by atoms with Crippen molar-refractivity contribution in [1.82, 2.24) is 9.78 Å². The smallest absolute Gasteiger partial charge is 0.185 e. The summed E-state index contributed by atoms with van der Waals surface area (Å²) in [7, 11) is 1.85. The molecule has 4 nitrogen and oxygen atoms in total. The summed E-state index contributed by atoms with van der Waals surface area (Å²) in [4.78, 5) is 10.4. The van der Waals surface area contributed by atoms with Crippen LogP contribution in [0.25, 0.3) is 11.3 Å². The van der Waals surface area contributed by atoms with Crippen molar-refractivity contribution < 1.29 is 9.21 Å². The van der Waals surface area contributed by atoms with Crippen LogP contribution in [0.5, 0.6) is 0 Å². The minimum Gasteiger partial charge on any atom is -0.453 e. The van der Waals surface area contributed by atoms with Crippen LogP contribution in [0.2, 0.25) is 0 Å². The molecule has 4 heteroatoms. The van der Waals surface area contributed by atoms with Crippen LogP contribution in [0.3, 0.4) is 0 Å². The van der Waals surface area contributed by atoms with Gasteiger partial charge in [0, 0.05) is 13.2 Å². The fourth-order valence-electron chi connectivity index (χ4n) is 1.40. The topological polar surface area (TPSA) is 48.0 Å². The molecule has 2 rings (SSSR count). The van der Waals surface area contributed by atoms with Gasteiger partial charge in [-0.15, -0.1) is 0 Å². The van der Waals surface area contributed by atoms with Gasteiger partial charge in [0.15, 0.2) is 12.0 Å². The van der Waals surface area contributed by atoms with Crippen molar-refractivity contribution in [2.75, 3.05) is 0 Å². The molecule has 2 aromatic rings. The molecule has 2 heterocycles. The minimum atomic E-state index is 0.336. The summed E-state index contributed by atoms with van der Waals surface area (Å²) < 4.78 is 7.01. The van der Waals surface area contributed by atoms with E-state index in [1.165, 1.54) is 0 Å². The van der Waals surface area contributed by atoms with Gasteiger partial charge in [0.1, 0.15) is 5.76 Å². The average Bonchev–Trinajstić information content (AvgIpc) is 2.71. The number of aromatic nitrogens is 2. The molecule has 0 fully saturated rings. The number of nitrogens with zero attached hydrogens (tertiary/aromatic N) is 2. The lowest BCUT2D eigenvalue weighted by Crippen LogP contribution is -1.86. The van der Waals surface area contributed by atoms with Gasteiger partial charge >= 0.3 is 0 Å². The molecule has 0 radical (unpaired) electrons. The molecule has 0 aromatic carbocycles. The Kier molecular flexibility index (Phi) is 1.96. The zero-order valence-corrected chi connectivity index (χ0v) is 8.02. The summed E-state index contributed by atoms with van der Waals surface area (Å²) in [6.45, 7) is 1.90. The third kappa shape index (κ3) is 1.35. The van der Waals surface area contributed by atoms with E-state index in [9.17, 15) is 4.79 Å². The monoisotopic (exact) mass is 190 g/mol. The van der Waals surface area contributed by atoms with Gasteiger partial charge in [-0.05, 0) is 19.1 Å². The fraction of sp³-hybridized carbons (Fsp3) is 0.200. The number of furan rings is 1. The number of hydrogen-bond acceptors (Lipinski definition) is 3. The maximum atomic E-state index is 10.4. The highest BCUT2D eigenvalue weighted by Crippen LogP contribution is 2.23. The van der Waals surface area contributed by atoms with Gasteiger partial charge in [-0.2, -0.15) is 5.10 Å². The Bertz CT molecular complexity index is 468. The van der Waals surface area contributed by atoms with Crippen LogP contribution < -0.4 is 0 Å².